The molecule has 3 rings (SSSR count). The standard InChI is InChI=1S/C19H16ClN3O/c1-13-5-2-3-6-14(13)12-23-16(11-21)10-18(22)19(23)24-17-8-4-7-15(20)9-17/h2-10H,12,22H2,1H3. The van der Waals surface area contributed by atoms with E-state index in [2.05, 4.69) is 6.07 Å². The van der Waals surface area contributed by atoms with Crippen LogP contribution in [0.4, 0.5) is 5.69 Å². The van der Waals surface area contributed by atoms with Crippen molar-refractivity contribution in [2.45, 2.75) is 13.5 Å². The molecule has 0 amide bonds. The number of halogens is 1. The molecule has 2 aromatic carbocycles. The van der Waals surface area contributed by atoms with Crippen molar-refractivity contribution in [2.75, 3.05) is 5.73 Å². The van der Waals surface area contributed by atoms with Gasteiger partial charge in [-0.15, -0.1) is 0 Å². The van der Waals surface area contributed by atoms with E-state index in [4.69, 9.17) is 22.1 Å². The van der Waals surface area contributed by atoms with Crippen LogP contribution in [0.1, 0.15) is 16.8 Å². The van der Waals surface area contributed by atoms with Gasteiger partial charge in [0, 0.05) is 11.1 Å². The second-order valence-corrected chi connectivity index (χ2v) is 5.91. The Labute approximate surface area is 145 Å². The molecule has 2 N–H and O–H groups in total. The first-order valence-corrected chi connectivity index (χ1v) is 7.83. The zero-order valence-corrected chi connectivity index (χ0v) is 13.9. The van der Waals surface area contributed by atoms with Crippen LogP contribution in [0.3, 0.4) is 0 Å². The average molecular weight is 338 g/mol. The van der Waals surface area contributed by atoms with Crippen molar-refractivity contribution in [3.8, 4) is 17.7 Å². The number of nitrogens with zero attached hydrogens (tertiary/aromatic N) is 2. The van der Waals surface area contributed by atoms with E-state index >= 15 is 0 Å². The number of ether oxygens (including phenoxy) is 1. The predicted octanol–water partition coefficient (Wildman–Crippen LogP) is 4.74. The predicted molar refractivity (Wildman–Crippen MR) is 95.4 cm³/mol. The molecular formula is C19H16ClN3O. The van der Waals surface area contributed by atoms with Gasteiger partial charge in [-0.05, 0) is 36.2 Å². The Balaban J connectivity index is 2.02. The first-order chi connectivity index (χ1) is 11.6. The average Bonchev–Trinajstić information content (AvgIpc) is 2.85. The SMILES string of the molecule is Cc1ccccc1Cn1c(C#N)cc(N)c1Oc1cccc(Cl)c1. The maximum Gasteiger partial charge on any atom is 0.224 e. The second-order valence-electron chi connectivity index (χ2n) is 5.47. The Bertz CT molecular complexity index is 925. The van der Waals surface area contributed by atoms with Gasteiger partial charge in [0.2, 0.25) is 5.88 Å². The van der Waals surface area contributed by atoms with Crippen molar-refractivity contribution in [1.29, 1.82) is 5.26 Å². The minimum atomic E-state index is 0.417. The molecule has 0 aliphatic carbocycles. The highest BCUT2D eigenvalue weighted by atomic mass is 35.5. The Hall–Kier alpha value is -2.90. The van der Waals surface area contributed by atoms with E-state index in [1.54, 1.807) is 34.9 Å². The number of aromatic nitrogens is 1. The number of hydrogen-bond donors (Lipinski definition) is 1. The highest BCUT2D eigenvalue weighted by molar-refractivity contribution is 6.30. The van der Waals surface area contributed by atoms with Gasteiger partial charge in [-0.25, -0.2) is 0 Å². The summed E-state index contributed by atoms with van der Waals surface area (Å²) in [5, 5.41) is 9.98. The summed E-state index contributed by atoms with van der Waals surface area (Å²) in [6, 6.07) is 18.9. The van der Waals surface area contributed by atoms with Crippen LogP contribution in [-0.4, -0.2) is 4.57 Å². The number of anilines is 1. The number of benzene rings is 2. The zero-order valence-electron chi connectivity index (χ0n) is 13.2. The van der Waals surface area contributed by atoms with Gasteiger partial charge in [-0.3, -0.25) is 4.57 Å². The maximum atomic E-state index is 9.41. The molecule has 0 saturated carbocycles. The van der Waals surface area contributed by atoms with E-state index in [0.717, 1.165) is 11.1 Å². The van der Waals surface area contributed by atoms with E-state index in [1.165, 1.54) is 0 Å². The first-order valence-electron chi connectivity index (χ1n) is 7.45. The van der Waals surface area contributed by atoms with Crippen LogP contribution in [0, 0.1) is 18.3 Å². The van der Waals surface area contributed by atoms with Gasteiger partial charge >= 0.3 is 0 Å². The zero-order chi connectivity index (χ0) is 17.1. The first kappa shape index (κ1) is 16.0. The van der Waals surface area contributed by atoms with Crippen LogP contribution in [0.25, 0.3) is 0 Å². The molecule has 0 aliphatic heterocycles. The lowest BCUT2D eigenvalue weighted by Crippen LogP contribution is -2.06. The molecule has 120 valence electrons. The van der Waals surface area contributed by atoms with Crippen molar-refractivity contribution in [1.82, 2.24) is 4.57 Å². The molecule has 1 aromatic heterocycles. The van der Waals surface area contributed by atoms with Crippen molar-refractivity contribution in [2.24, 2.45) is 0 Å². The summed E-state index contributed by atoms with van der Waals surface area (Å²) in [6.45, 7) is 2.54. The Kier molecular flexibility index (Phi) is 4.45. The lowest BCUT2D eigenvalue weighted by molar-refractivity contribution is 0.437. The van der Waals surface area contributed by atoms with E-state index in [0.29, 0.717) is 34.6 Å². The topological polar surface area (TPSA) is 64.0 Å². The van der Waals surface area contributed by atoms with Gasteiger partial charge in [0.15, 0.2) is 0 Å². The van der Waals surface area contributed by atoms with Gasteiger partial charge in [-0.1, -0.05) is 41.9 Å². The maximum absolute atomic E-state index is 9.41. The fraction of sp³-hybridized carbons (Fsp3) is 0.105. The van der Waals surface area contributed by atoms with Gasteiger partial charge < -0.3 is 10.5 Å². The lowest BCUT2D eigenvalue weighted by atomic mass is 10.1. The minimum Gasteiger partial charge on any atom is -0.439 e. The number of hydrogen-bond acceptors (Lipinski definition) is 3. The molecule has 4 nitrogen and oxygen atoms in total. The van der Waals surface area contributed by atoms with Crippen molar-refractivity contribution in [3.63, 3.8) is 0 Å². The summed E-state index contributed by atoms with van der Waals surface area (Å²) in [5.41, 5.74) is 9.17. The van der Waals surface area contributed by atoms with E-state index < -0.39 is 0 Å². The minimum absolute atomic E-state index is 0.417. The third-order valence-electron chi connectivity index (χ3n) is 3.79. The van der Waals surface area contributed by atoms with Crippen LogP contribution in [0.15, 0.2) is 54.6 Å². The summed E-state index contributed by atoms with van der Waals surface area (Å²) in [7, 11) is 0. The summed E-state index contributed by atoms with van der Waals surface area (Å²) in [5.74, 6) is 1.01. The number of nitrogen functional groups attached to an aromatic ring is 1. The summed E-state index contributed by atoms with van der Waals surface area (Å²) >= 11 is 6.00. The number of rotatable bonds is 4. The molecule has 0 spiro atoms. The molecule has 0 atom stereocenters. The molecule has 3 aromatic rings. The Morgan fingerprint density at radius 2 is 1.96 bits per heavy atom. The highest BCUT2D eigenvalue weighted by Crippen LogP contribution is 2.33. The molecule has 1 heterocycles. The van der Waals surface area contributed by atoms with Crippen molar-refractivity contribution >= 4 is 17.3 Å². The largest absolute Gasteiger partial charge is 0.439 e. The van der Waals surface area contributed by atoms with E-state index in [1.807, 2.05) is 31.2 Å². The third kappa shape index (κ3) is 3.22. The number of nitrogens with two attached hydrogens (primary N) is 1. The molecule has 0 bridgehead atoms. The van der Waals surface area contributed by atoms with E-state index in [9.17, 15) is 5.26 Å². The Morgan fingerprint density at radius 1 is 1.17 bits per heavy atom. The Morgan fingerprint density at radius 3 is 2.67 bits per heavy atom. The summed E-state index contributed by atoms with van der Waals surface area (Å²) in [4.78, 5) is 0. The van der Waals surface area contributed by atoms with Gasteiger partial charge in [0.05, 0.1) is 12.2 Å². The molecule has 0 unspecified atom stereocenters. The monoisotopic (exact) mass is 337 g/mol. The quantitative estimate of drug-likeness (QED) is 0.747. The fourth-order valence-electron chi connectivity index (χ4n) is 2.52. The van der Waals surface area contributed by atoms with Crippen LogP contribution in [-0.2, 0) is 6.54 Å². The molecule has 0 aliphatic rings. The van der Waals surface area contributed by atoms with Gasteiger partial charge in [-0.2, -0.15) is 5.26 Å². The molecule has 0 radical (unpaired) electrons. The van der Waals surface area contributed by atoms with Crippen molar-refractivity contribution in [3.05, 3.63) is 76.4 Å². The molecule has 5 heteroatoms. The molecule has 0 saturated heterocycles. The van der Waals surface area contributed by atoms with Crippen LogP contribution >= 0.6 is 11.6 Å². The van der Waals surface area contributed by atoms with Crippen LogP contribution in [0.2, 0.25) is 5.02 Å². The second kappa shape index (κ2) is 6.69. The third-order valence-corrected chi connectivity index (χ3v) is 4.03. The summed E-state index contributed by atoms with van der Waals surface area (Å²) < 4.78 is 7.69. The van der Waals surface area contributed by atoms with Crippen molar-refractivity contribution < 1.29 is 4.74 Å². The van der Waals surface area contributed by atoms with Crippen LogP contribution < -0.4 is 10.5 Å². The lowest BCUT2D eigenvalue weighted by Gasteiger charge is -2.14. The number of aryl methyl sites for hydroxylation is 1. The van der Waals surface area contributed by atoms with Gasteiger partial charge in [0.25, 0.3) is 0 Å². The fourth-order valence-corrected chi connectivity index (χ4v) is 2.70. The van der Waals surface area contributed by atoms with Crippen LogP contribution in [0.5, 0.6) is 11.6 Å². The van der Waals surface area contributed by atoms with Gasteiger partial charge in [0.1, 0.15) is 17.5 Å². The smallest absolute Gasteiger partial charge is 0.224 e. The normalized spacial score (nSPS) is 10.4. The highest BCUT2D eigenvalue weighted by Gasteiger charge is 2.16. The number of nitriles is 1. The molecule has 0 fully saturated rings. The van der Waals surface area contributed by atoms with E-state index in [-0.39, 0.29) is 0 Å². The molecule has 24 heavy (non-hydrogen) atoms. The molecular weight excluding hydrogens is 322 g/mol. The summed E-state index contributed by atoms with van der Waals surface area (Å²) in [6.07, 6.45) is 0.